The minimum atomic E-state index is -4.01. The molecule has 2 aliphatic heterocycles. The minimum Gasteiger partial charge on any atom is -0.506 e. The number of halogens is 1. The third kappa shape index (κ3) is 4.84. The summed E-state index contributed by atoms with van der Waals surface area (Å²) in [7, 11) is -2.57. The zero-order chi connectivity index (χ0) is 26.9. The number of anilines is 1. The van der Waals surface area contributed by atoms with Gasteiger partial charge in [0.05, 0.1) is 33.0 Å². The van der Waals surface area contributed by atoms with Crippen LogP contribution in [-0.4, -0.2) is 83.3 Å². The number of para-hydroxylation sites is 1. The molecule has 38 heavy (non-hydrogen) atoms. The molecule has 3 aromatic rings. The Labute approximate surface area is 222 Å². The van der Waals surface area contributed by atoms with Crippen LogP contribution in [0, 0.1) is 0 Å². The Hall–Kier alpha value is -3.90. The van der Waals surface area contributed by atoms with Gasteiger partial charge in [-0.1, -0.05) is 23.4 Å². The maximum Gasteiger partial charge on any atom is 0.303 e. The van der Waals surface area contributed by atoms with Crippen molar-refractivity contribution < 1.29 is 27.7 Å². The van der Waals surface area contributed by atoms with E-state index in [0.29, 0.717) is 6.61 Å². The second-order valence-corrected chi connectivity index (χ2v) is 9.90. The van der Waals surface area contributed by atoms with Gasteiger partial charge in [-0.05, 0) is 24.8 Å². The molecule has 0 amide bonds. The lowest BCUT2D eigenvalue weighted by Gasteiger charge is -2.26. The van der Waals surface area contributed by atoms with E-state index in [0.717, 1.165) is 0 Å². The second kappa shape index (κ2) is 10.5. The fourth-order valence-corrected chi connectivity index (χ4v) is 5.22. The molecule has 0 saturated carbocycles. The standard InChI is InChI=1S/C23H22ClN7O6S/c1-3-37-17-9-4-6-14(25-17)22-28-21-23(31(22)18-15(32)7-5-8-16(18)35-2)27-20(19(24)26-21)29-38(33,34)30-10-12-36-13-11-30/h5,7-9,32H,3,10-13H2,1-2H3,(H,27,29). The lowest BCUT2D eigenvalue weighted by molar-refractivity contribution is 0.0733. The van der Waals surface area contributed by atoms with Crippen LogP contribution in [0.3, 0.4) is 0 Å². The van der Waals surface area contributed by atoms with Gasteiger partial charge in [-0.15, -0.1) is 0 Å². The molecule has 0 spiro atoms. The zero-order valence-electron chi connectivity index (χ0n) is 20.3. The van der Waals surface area contributed by atoms with Gasteiger partial charge in [-0.25, -0.2) is 19.9 Å². The first-order valence-electron chi connectivity index (χ1n) is 11.4. The van der Waals surface area contributed by atoms with Gasteiger partial charge in [0.1, 0.15) is 17.2 Å². The molecule has 0 unspecified atom stereocenters. The smallest absolute Gasteiger partial charge is 0.303 e. The molecule has 13 nitrogen and oxygen atoms in total. The summed E-state index contributed by atoms with van der Waals surface area (Å²) >= 11 is 6.34. The highest BCUT2D eigenvalue weighted by Gasteiger charge is 2.29. The average Bonchev–Trinajstić information content (AvgIpc) is 3.27. The van der Waals surface area contributed by atoms with Crippen LogP contribution in [0.4, 0.5) is 5.82 Å². The number of fused-ring (bicyclic) bond motifs is 1. The summed E-state index contributed by atoms with van der Waals surface area (Å²) in [5, 5.41) is 10.6. The van der Waals surface area contributed by atoms with E-state index < -0.39 is 10.2 Å². The number of imidazole rings is 1. The van der Waals surface area contributed by atoms with Crippen LogP contribution in [0.5, 0.6) is 11.5 Å². The number of methoxy groups -OCH3 is 1. The molecular formula is C23H22ClN7O6S. The Kier molecular flexibility index (Phi) is 7.09. The molecule has 0 atom stereocenters. The van der Waals surface area contributed by atoms with Gasteiger partial charge in [-0.3, -0.25) is 9.29 Å². The minimum absolute atomic E-state index is 0.0571. The molecule has 1 fully saturated rings. The van der Waals surface area contributed by atoms with Crippen LogP contribution >= 0.6 is 11.6 Å². The highest BCUT2D eigenvalue weighted by molar-refractivity contribution is 7.90. The molecule has 1 aromatic carbocycles. The number of ether oxygens (including phenoxy) is 3. The molecule has 0 radical (unpaired) electrons. The Morgan fingerprint density at radius 1 is 1.24 bits per heavy atom. The Balaban J connectivity index is 1.72. The molecule has 15 heteroatoms. The number of aliphatic imine (C=N–C) groups is 1. The molecule has 2 aliphatic rings. The summed E-state index contributed by atoms with van der Waals surface area (Å²) < 4.78 is 47.3. The predicted octanol–water partition coefficient (Wildman–Crippen LogP) is 2.27. The number of nitrogens with zero attached hydrogens (tertiary/aromatic N) is 6. The first kappa shape index (κ1) is 25.7. The Bertz CT molecular complexity index is 1650. The van der Waals surface area contributed by atoms with Gasteiger partial charge < -0.3 is 19.3 Å². The molecule has 0 bridgehead atoms. The lowest BCUT2D eigenvalue weighted by Crippen LogP contribution is -2.43. The summed E-state index contributed by atoms with van der Waals surface area (Å²) in [6, 6.07) is 4.70. The van der Waals surface area contributed by atoms with Crippen LogP contribution in [-0.2, 0) is 19.7 Å². The third-order valence-corrected chi connectivity index (χ3v) is 7.28. The fraction of sp³-hybridized carbons (Fsp3) is 0.304. The zero-order valence-corrected chi connectivity index (χ0v) is 21.9. The van der Waals surface area contributed by atoms with E-state index in [1.807, 2.05) is 6.92 Å². The van der Waals surface area contributed by atoms with Gasteiger partial charge >= 0.3 is 10.2 Å². The van der Waals surface area contributed by atoms with E-state index in [2.05, 4.69) is 36.1 Å². The van der Waals surface area contributed by atoms with Gasteiger partial charge in [0, 0.05) is 13.1 Å². The van der Waals surface area contributed by atoms with Crippen molar-refractivity contribution in [3.05, 3.63) is 46.7 Å². The van der Waals surface area contributed by atoms with E-state index in [9.17, 15) is 13.5 Å². The van der Waals surface area contributed by atoms with Crippen molar-refractivity contribution in [2.24, 2.45) is 4.99 Å². The van der Waals surface area contributed by atoms with Crippen molar-refractivity contribution in [1.82, 2.24) is 23.8 Å². The van der Waals surface area contributed by atoms with Crippen LogP contribution in [0.25, 0.3) is 22.7 Å². The highest BCUT2D eigenvalue weighted by Crippen LogP contribution is 2.37. The molecule has 198 valence electrons. The second-order valence-electron chi connectivity index (χ2n) is 7.87. The van der Waals surface area contributed by atoms with E-state index >= 15 is 0 Å². The number of hydrogen-bond donors (Lipinski definition) is 2. The summed E-state index contributed by atoms with van der Waals surface area (Å²) in [6.45, 7) is 3.07. The van der Waals surface area contributed by atoms with E-state index in [-0.39, 0.29) is 83.2 Å². The molecule has 2 N–H and O–H groups in total. The Morgan fingerprint density at radius 3 is 2.76 bits per heavy atom. The molecule has 4 heterocycles. The largest absolute Gasteiger partial charge is 0.506 e. The molecule has 5 rings (SSSR count). The summed E-state index contributed by atoms with van der Waals surface area (Å²) in [6.07, 6.45) is 1.52. The molecule has 1 saturated heterocycles. The van der Waals surface area contributed by atoms with Gasteiger partial charge in [0.2, 0.25) is 5.90 Å². The molecule has 0 aliphatic carbocycles. The number of nitrogens with one attached hydrogen (secondary N) is 1. The first-order valence-corrected chi connectivity index (χ1v) is 13.3. The lowest BCUT2D eigenvalue weighted by atomic mass is 10.2. The van der Waals surface area contributed by atoms with Crippen molar-refractivity contribution in [1.29, 1.82) is 0 Å². The monoisotopic (exact) mass is 559 g/mol. The van der Waals surface area contributed by atoms with Crippen molar-refractivity contribution in [3.8, 4) is 17.2 Å². The summed E-state index contributed by atoms with van der Waals surface area (Å²) in [5.74, 6) is 0.327. The average molecular weight is 560 g/mol. The number of phenols is 1. The molecular weight excluding hydrogens is 538 g/mol. The number of benzene rings is 1. The fourth-order valence-electron chi connectivity index (χ4n) is 3.85. The first-order chi connectivity index (χ1) is 18.3. The van der Waals surface area contributed by atoms with Crippen molar-refractivity contribution in [2.75, 3.05) is 44.7 Å². The quantitative estimate of drug-likeness (QED) is 0.415. The predicted molar refractivity (Wildman–Crippen MR) is 139 cm³/mol. The van der Waals surface area contributed by atoms with Crippen LogP contribution < -0.4 is 9.46 Å². The van der Waals surface area contributed by atoms with Gasteiger partial charge in [0.25, 0.3) is 0 Å². The number of rotatable bonds is 7. The SMILES string of the molecule is CCOC1=NC(c2nc3nc(Cl)c(NS(=O)(=O)N4CCOCC4)nc3n2-c2c(O)cccc2OC)=C=C=C1. The van der Waals surface area contributed by atoms with Crippen molar-refractivity contribution >= 4 is 50.5 Å². The van der Waals surface area contributed by atoms with E-state index in [4.69, 9.17) is 25.8 Å². The number of morpholine rings is 1. The van der Waals surface area contributed by atoms with Crippen LogP contribution in [0.2, 0.25) is 5.15 Å². The topological polar surface area (TPSA) is 153 Å². The maximum absolute atomic E-state index is 13.0. The third-order valence-electron chi connectivity index (χ3n) is 5.52. The number of aromatic nitrogens is 4. The number of phenolic OH excluding ortho intramolecular Hbond substituents is 1. The maximum atomic E-state index is 13.0. The van der Waals surface area contributed by atoms with Crippen LogP contribution in [0.15, 0.2) is 40.7 Å². The van der Waals surface area contributed by atoms with E-state index in [1.54, 1.807) is 12.1 Å². The van der Waals surface area contributed by atoms with Crippen molar-refractivity contribution in [2.45, 2.75) is 6.92 Å². The summed E-state index contributed by atoms with van der Waals surface area (Å²) in [4.78, 5) is 17.7. The Morgan fingerprint density at radius 2 is 2.03 bits per heavy atom. The highest BCUT2D eigenvalue weighted by atomic mass is 35.5. The van der Waals surface area contributed by atoms with Gasteiger partial charge in [-0.2, -0.15) is 12.7 Å². The number of hydrogen-bond acceptors (Lipinski definition) is 10. The van der Waals surface area contributed by atoms with Gasteiger partial charge in [0.15, 0.2) is 33.8 Å². The van der Waals surface area contributed by atoms with E-state index in [1.165, 1.54) is 28.1 Å². The normalized spacial score (nSPS) is 15.9. The summed E-state index contributed by atoms with van der Waals surface area (Å²) in [5.41, 5.74) is 6.22. The molecule has 2 aromatic heterocycles. The van der Waals surface area contributed by atoms with Crippen LogP contribution in [0.1, 0.15) is 12.7 Å². The van der Waals surface area contributed by atoms with Crippen molar-refractivity contribution in [3.63, 3.8) is 0 Å². The number of aromatic hydroxyl groups is 1.